The van der Waals surface area contributed by atoms with Crippen LogP contribution in [-0.2, 0) is 9.53 Å². The van der Waals surface area contributed by atoms with Gasteiger partial charge in [-0.2, -0.15) is 0 Å². The quantitative estimate of drug-likeness (QED) is 0.724. The Bertz CT molecular complexity index is 890. The number of nitrogens with one attached hydrogen (secondary N) is 2. The van der Waals surface area contributed by atoms with Gasteiger partial charge < -0.3 is 15.4 Å². The second kappa shape index (κ2) is 8.03. The minimum absolute atomic E-state index is 0.240. The van der Waals surface area contributed by atoms with Gasteiger partial charge in [0, 0.05) is 15.6 Å². The van der Waals surface area contributed by atoms with E-state index >= 15 is 0 Å². The Balaban J connectivity index is 2.24. The maximum Gasteiger partial charge on any atom is 0.338 e. The molecule has 0 aliphatic carbocycles. The lowest BCUT2D eigenvalue weighted by atomic mass is 9.92. The highest BCUT2D eigenvalue weighted by atomic mass is 35.5. The zero-order chi connectivity index (χ0) is 19.6. The van der Waals surface area contributed by atoms with Crippen molar-refractivity contribution in [1.82, 2.24) is 10.6 Å². The topological polar surface area (TPSA) is 67.4 Å². The number of ether oxygens (including phenoxy) is 1. The molecule has 2 amide bonds. The molecule has 0 saturated carbocycles. The number of halogens is 2. The van der Waals surface area contributed by atoms with Crippen LogP contribution < -0.4 is 10.6 Å². The zero-order valence-electron chi connectivity index (χ0n) is 14.8. The molecule has 0 aromatic heterocycles. The molecule has 0 fully saturated rings. The average Bonchev–Trinajstić information content (AvgIpc) is 2.61. The lowest BCUT2D eigenvalue weighted by Crippen LogP contribution is -2.45. The van der Waals surface area contributed by atoms with Crippen LogP contribution in [0.4, 0.5) is 4.79 Å². The molecule has 1 heterocycles. The molecule has 0 spiro atoms. The minimum Gasteiger partial charge on any atom is -0.459 e. The highest BCUT2D eigenvalue weighted by Gasteiger charge is 2.36. The van der Waals surface area contributed by atoms with Gasteiger partial charge in [-0.05, 0) is 31.5 Å². The number of hydrogen-bond acceptors (Lipinski definition) is 3. The molecule has 0 radical (unpaired) electrons. The van der Waals surface area contributed by atoms with Gasteiger partial charge in [0.15, 0.2) is 0 Å². The van der Waals surface area contributed by atoms with E-state index < -0.39 is 18.0 Å². The summed E-state index contributed by atoms with van der Waals surface area (Å²) in [5.74, 6) is -0.558. The van der Waals surface area contributed by atoms with E-state index in [4.69, 9.17) is 27.9 Å². The van der Waals surface area contributed by atoms with E-state index in [0.717, 1.165) is 0 Å². The normalized spacial score (nSPS) is 16.8. The zero-order valence-corrected chi connectivity index (χ0v) is 16.3. The SMILES string of the molecule is CC(C)OC(=O)C1=C(c2ccccc2)NC(=O)NC1c1c(Cl)cccc1Cl. The molecule has 1 unspecified atom stereocenters. The lowest BCUT2D eigenvalue weighted by molar-refractivity contribution is -0.143. The summed E-state index contributed by atoms with van der Waals surface area (Å²) in [6.45, 7) is 3.51. The predicted molar refractivity (Wildman–Crippen MR) is 105 cm³/mol. The molecule has 7 heteroatoms. The summed E-state index contributed by atoms with van der Waals surface area (Å²) in [4.78, 5) is 25.3. The van der Waals surface area contributed by atoms with Crippen LogP contribution in [0.1, 0.15) is 31.0 Å². The highest BCUT2D eigenvalue weighted by Crippen LogP contribution is 2.38. The fraction of sp³-hybridized carbons (Fsp3) is 0.200. The first kappa shape index (κ1) is 19.3. The van der Waals surface area contributed by atoms with Crippen LogP contribution >= 0.6 is 23.2 Å². The number of esters is 1. The van der Waals surface area contributed by atoms with E-state index in [9.17, 15) is 9.59 Å². The number of carbonyl (C=O) groups excluding carboxylic acids is 2. The van der Waals surface area contributed by atoms with Gasteiger partial charge in [0.25, 0.3) is 0 Å². The monoisotopic (exact) mass is 404 g/mol. The maximum absolute atomic E-state index is 12.9. The first-order valence-corrected chi connectivity index (χ1v) is 9.16. The average molecular weight is 405 g/mol. The minimum atomic E-state index is -0.846. The summed E-state index contributed by atoms with van der Waals surface area (Å²) in [5, 5.41) is 6.15. The van der Waals surface area contributed by atoms with Crippen molar-refractivity contribution in [3.8, 4) is 0 Å². The van der Waals surface area contributed by atoms with Crippen molar-refractivity contribution in [3.05, 3.63) is 75.3 Å². The number of benzene rings is 2. The van der Waals surface area contributed by atoms with E-state index in [-0.39, 0.29) is 11.7 Å². The third-order valence-corrected chi connectivity index (χ3v) is 4.64. The Morgan fingerprint density at radius 2 is 1.67 bits per heavy atom. The number of rotatable bonds is 4. The van der Waals surface area contributed by atoms with E-state index in [2.05, 4.69) is 10.6 Å². The van der Waals surface area contributed by atoms with Crippen molar-refractivity contribution in [1.29, 1.82) is 0 Å². The van der Waals surface area contributed by atoms with Gasteiger partial charge in [-0.15, -0.1) is 0 Å². The second-order valence-electron chi connectivity index (χ2n) is 6.28. The molecule has 1 atom stereocenters. The Hall–Kier alpha value is -2.50. The van der Waals surface area contributed by atoms with Crippen LogP contribution in [0, 0.1) is 0 Å². The molecule has 2 N–H and O–H groups in total. The Morgan fingerprint density at radius 3 is 2.26 bits per heavy atom. The molecule has 1 aliphatic heterocycles. The molecule has 5 nitrogen and oxygen atoms in total. The van der Waals surface area contributed by atoms with Crippen molar-refractivity contribution in [2.24, 2.45) is 0 Å². The van der Waals surface area contributed by atoms with E-state index in [1.807, 2.05) is 18.2 Å². The number of amides is 2. The van der Waals surface area contributed by atoms with E-state index in [1.54, 1.807) is 44.2 Å². The van der Waals surface area contributed by atoms with Crippen molar-refractivity contribution in [2.45, 2.75) is 26.0 Å². The van der Waals surface area contributed by atoms with Crippen molar-refractivity contribution in [3.63, 3.8) is 0 Å². The van der Waals surface area contributed by atoms with Gasteiger partial charge in [0.2, 0.25) is 0 Å². The van der Waals surface area contributed by atoms with E-state index in [1.165, 1.54) is 0 Å². The summed E-state index contributed by atoms with van der Waals surface area (Å²) in [7, 11) is 0. The van der Waals surface area contributed by atoms with Crippen LogP contribution in [0.15, 0.2) is 54.1 Å². The molecular formula is C20H18Cl2N2O3. The lowest BCUT2D eigenvalue weighted by Gasteiger charge is -2.31. The molecule has 2 aromatic carbocycles. The molecular weight excluding hydrogens is 387 g/mol. The van der Waals surface area contributed by atoms with Crippen LogP contribution in [0.5, 0.6) is 0 Å². The molecule has 27 heavy (non-hydrogen) atoms. The second-order valence-corrected chi connectivity index (χ2v) is 7.09. The van der Waals surface area contributed by atoms with Crippen molar-refractivity contribution >= 4 is 40.9 Å². The van der Waals surface area contributed by atoms with Crippen LogP contribution in [0.3, 0.4) is 0 Å². The third-order valence-electron chi connectivity index (χ3n) is 3.99. The highest BCUT2D eigenvalue weighted by molar-refractivity contribution is 6.36. The molecule has 0 saturated heterocycles. The molecule has 1 aliphatic rings. The van der Waals surface area contributed by atoms with Gasteiger partial charge in [-0.1, -0.05) is 59.6 Å². The predicted octanol–water partition coefficient (Wildman–Crippen LogP) is 4.71. The first-order chi connectivity index (χ1) is 12.9. The summed E-state index contributed by atoms with van der Waals surface area (Å²) in [6.07, 6.45) is -0.331. The Morgan fingerprint density at radius 1 is 1.04 bits per heavy atom. The first-order valence-electron chi connectivity index (χ1n) is 8.40. The summed E-state index contributed by atoms with van der Waals surface area (Å²) in [5.41, 5.74) is 1.73. The Kier molecular flexibility index (Phi) is 5.73. The van der Waals surface area contributed by atoms with E-state index in [0.29, 0.717) is 26.9 Å². The number of hydrogen-bond donors (Lipinski definition) is 2. The molecule has 140 valence electrons. The van der Waals surface area contributed by atoms with Gasteiger partial charge in [0.05, 0.1) is 23.4 Å². The van der Waals surface area contributed by atoms with Crippen molar-refractivity contribution < 1.29 is 14.3 Å². The van der Waals surface area contributed by atoms with Crippen molar-refractivity contribution in [2.75, 3.05) is 0 Å². The van der Waals surface area contributed by atoms with Gasteiger partial charge in [-0.25, -0.2) is 9.59 Å². The van der Waals surface area contributed by atoms with Gasteiger partial charge >= 0.3 is 12.0 Å². The molecule has 2 aromatic rings. The maximum atomic E-state index is 12.9. The molecule has 3 rings (SSSR count). The standard InChI is InChI=1S/C20H18Cl2N2O3/c1-11(2)27-19(25)16-17(12-7-4-3-5-8-12)23-20(26)24-18(16)15-13(21)9-6-10-14(15)22/h3-11,18H,1-2H3,(H2,23,24,26). The number of urea groups is 1. The fourth-order valence-corrected chi connectivity index (χ4v) is 3.51. The largest absolute Gasteiger partial charge is 0.459 e. The van der Waals surface area contributed by atoms with Crippen LogP contribution in [0.25, 0.3) is 5.70 Å². The molecule has 0 bridgehead atoms. The van der Waals surface area contributed by atoms with Crippen LogP contribution in [0.2, 0.25) is 10.0 Å². The third kappa shape index (κ3) is 4.10. The summed E-state index contributed by atoms with van der Waals surface area (Å²) < 4.78 is 5.43. The van der Waals surface area contributed by atoms with Crippen LogP contribution in [-0.4, -0.2) is 18.1 Å². The smallest absolute Gasteiger partial charge is 0.338 e. The Labute approximate surface area is 167 Å². The fourth-order valence-electron chi connectivity index (χ4n) is 2.90. The summed E-state index contributed by atoms with van der Waals surface area (Å²) in [6, 6.07) is 12.8. The van der Waals surface area contributed by atoms with Gasteiger partial charge in [-0.3, -0.25) is 0 Å². The van der Waals surface area contributed by atoms with Gasteiger partial charge in [0.1, 0.15) is 0 Å². The summed E-state index contributed by atoms with van der Waals surface area (Å²) >= 11 is 12.7. The number of carbonyl (C=O) groups is 2.